The van der Waals surface area contributed by atoms with Gasteiger partial charge in [0, 0.05) is 31.1 Å². The maximum Gasteiger partial charge on any atom is 0.302 e. The Morgan fingerprint density at radius 2 is 1.65 bits per heavy atom. The summed E-state index contributed by atoms with van der Waals surface area (Å²) >= 11 is 1.34. The van der Waals surface area contributed by atoms with E-state index in [1.165, 1.54) is 47.6 Å². The Balaban J connectivity index is 1.24. The first-order valence-corrected chi connectivity index (χ1v) is 15.7. The predicted molar refractivity (Wildman–Crippen MR) is 162 cm³/mol. The topological polar surface area (TPSA) is 136 Å². The molecule has 0 amide bonds. The number of methoxy groups -OCH3 is 1. The number of thioether (sulfide) groups is 1. The van der Waals surface area contributed by atoms with E-state index in [0.29, 0.717) is 22.5 Å². The molecule has 0 bridgehead atoms. The van der Waals surface area contributed by atoms with Crippen LogP contribution in [0.2, 0.25) is 0 Å². The first-order valence-electron chi connectivity index (χ1n) is 14.8. The highest BCUT2D eigenvalue weighted by Crippen LogP contribution is 2.43. The molecule has 2 aromatic heterocycles. The number of hydrogen-bond donors (Lipinski definition) is 1. The Bertz CT molecular complexity index is 1660. The van der Waals surface area contributed by atoms with Gasteiger partial charge in [0.1, 0.15) is 47.2 Å². The van der Waals surface area contributed by atoms with Gasteiger partial charge in [-0.15, -0.1) is 22.0 Å². The summed E-state index contributed by atoms with van der Waals surface area (Å²) in [6.45, 7) is 3.70. The van der Waals surface area contributed by atoms with Crippen molar-refractivity contribution in [3.63, 3.8) is 0 Å². The Hall–Kier alpha value is -3.76. The number of benzene rings is 2. The number of hydrogen-bond acceptors (Lipinski definition) is 11. The number of esters is 1. The molecule has 46 heavy (non-hydrogen) atoms. The van der Waals surface area contributed by atoms with Crippen LogP contribution in [-0.4, -0.2) is 97.0 Å². The molecule has 12 nitrogen and oxygen atoms in total. The van der Waals surface area contributed by atoms with Gasteiger partial charge in [-0.3, -0.25) is 4.79 Å². The number of carbonyl (C=O) groups excluding carboxylic acids is 1. The molecular weight excluding hydrogens is 622 g/mol. The van der Waals surface area contributed by atoms with Crippen LogP contribution in [0, 0.1) is 17.6 Å². The summed E-state index contributed by atoms with van der Waals surface area (Å²) in [5.41, 5.74) is 1.44. The molecule has 8 unspecified atom stereocenters. The Labute approximate surface area is 268 Å². The van der Waals surface area contributed by atoms with Gasteiger partial charge in [-0.1, -0.05) is 41.6 Å². The summed E-state index contributed by atoms with van der Waals surface area (Å²) in [7, 11) is 1.57. The normalized spacial score (nSPS) is 28.2. The molecule has 4 heterocycles. The fraction of sp³-hybridized carbons (Fsp3) is 0.452. The van der Waals surface area contributed by atoms with E-state index >= 15 is 0 Å². The molecule has 0 radical (unpaired) electrons. The standard InChI is InChI=1S/C31H34F2N6O6S/c1-17-26(15-44-18(2)40)45-31(30(42-3)28(17)39-13-24(35-37-39)20-7-5-9-22(33)11-20)46-27-16-43-14-25(29(27)41)38-12-23(34-36-38)19-6-4-8-21(32)10-19/h4-13,17,25-31,41H,14-16H2,1-3H3. The van der Waals surface area contributed by atoms with Gasteiger partial charge >= 0.3 is 5.97 Å². The van der Waals surface area contributed by atoms with Crippen molar-refractivity contribution in [2.24, 2.45) is 5.92 Å². The van der Waals surface area contributed by atoms with Crippen molar-refractivity contribution in [1.29, 1.82) is 0 Å². The highest BCUT2D eigenvalue weighted by atomic mass is 32.2. The lowest BCUT2D eigenvalue weighted by Gasteiger charge is -2.46. The molecule has 0 spiro atoms. The minimum Gasteiger partial charge on any atom is -0.463 e. The van der Waals surface area contributed by atoms with Gasteiger partial charge < -0.3 is 24.1 Å². The van der Waals surface area contributed by atoms with Crippen LogP contribution in [0.25, 0.3) is 22.5 Å². The molecule has 2 saturated heterocycles. The fourth-order valence-corrected chi connectivity index (χ4v) is 7.39. The second kappa shape index (κ2) is 13.9. The molecule has 8 atom stereocenters. The zero-order valence-electron chi connectivity index (χ0n) is 25.3. The van der Waals surface area contributed by atoms with E-state index in [-0.39, 0.29) is 37.4 Å². The smallest absolute Gasteiger partial charge is 0.302 e. The molecule has 2 aliphatic rings. The number of nitrogens with zero attached hydrogens (tertiary/aromatic N) is 6. The van der Waals surface area contributed by atoms with Gasteiger partial charge in [0.2, 0.25) is 0 Å². The molecule has 6 rings (SSSR count). The monoisotopic (exact) mass is 656 g/mol. The van der Waals surface area contributed by atoms with Gasteiger partial charge in [-0.2, -0.15) is 0 Å². The summed E-state index contributed by atoms with van der Waals surface area (Å²) in [4.78, 5) is 11.7. The predicted octanol–water partition coefficient (Wildman–Crippen LogP) is 3.70. The van der Waals surface area contributed by atoms with Crippen LogP contribution in [0.1, 0.15) is 25.9 Å². The van der Waals surface area contributed by atoms with E-state index < -0.39 is 47.1 Å². The molecular formula is C31H34F2N6O6S. The third kappa shape index (κ3) is 6.83. The van der Waals surface area contributed by atoms with Crippen LogP contribution in [0.15, 0.2) is 60.9 Å². The highest BCUT2D eigenvalue weighted by molar-refractivity contribution is 8.00. The molecule has 2 aliphatic heterocycles. The van der Waals surface area contributed by atoms with E-state index in [1.54, 1.807) is 48.5 Å². The first-order chi connectivity index (χ1) is 22.2. The zero-order valence-corrected chi connectivity index (χ0v) is 26.2. The highest BCUT2D eigenvalue weighted by Gasteiger charge is 2.48. The number of halogens is 2. The van der Waals surface area contributed by atoms with Crippen molar-refractivity contribution >= 4 is 17.7 Å². The molecule has 4 aromatic rings. The molecule has 15 heteroatoms. The van der Waals surface area contributed by atoms with Crippen LogP contribution < -0.4 is 0 Å². The molecule has 0 saturated carbocycles. The number of aliphatic hydroxyl groups excluding tert-OH is 1. The van der Waals surface area contributed by atoms with Crippen LogP contribution >= 0.6 is 11.8 Å². The second-order valence-corrected chi connectivity index (χ2v) is 12.7. The quantitative estimate of drug-likeness (QED) is 0.264. The minimum atomic E-state index is -0.919. The van der Waals surface area contributed by atoms with E-state index in [0.717, 1.165) is 0 Å². The second-order valence-electron chi connectivity index (χ2n) is 11.4. The number of rotatable bonds is 9. The van der Waals surface area contributed by atoms with E-state index in [9.17, 15) is 18.7 Å². The molecule has 2 aromatic carbocycles. The maximum atomic E-state index is 13.9. The number of aromatic nitrogens is 6. The SMILES string of the molecule is COC1C(SC2COCC(n3cc(-c4cccc(F)c4)nn3)C2O)OC(COC(C)=O)C(C)C1n1cc(-c2cccc(F)c2)nn1. The molecule has 244 valence electrons. The summed E-state index contributed by atoms with van der Waals surface area (Å²) in [5, 5.41) is 28.1. The summed E-state index contributed by atoms with van der Waals surface area (Å²) in [5.74, 6) is -1.47. The largest absolute Gasteiger partial charge is 0.463 e. The lowest BCUT2D eigenvalue weighted by atomic mass is 9.89. The average Bonchev–Trinajstić information content (AvgIpc) is 3.73. The van der Waals surface area contributed by atoms with Crippen molar-refractivity contribution in [2.75, 3.05) is 26.9 Å². The summed E-state index contributed by atoms with van der Waals surface area (Å²) in [6, 6.07) is 11.1. The lowest BCUT2D eigenvalue weighted by molar-refractivity contribution is -0.172. The summed E-state index contributed by atoms with van der Waals surface area (Å²) < 4.78 is 54.7. The fourth-order valence-electron chi connectivity index (χ4n) is 5.89. The Kier molecular flexibility index (Phi) is 9.75. The van der Waals surface area contributed by atoms with Gasteiger partial charge in [0.25, 0.3) is 0 Å². The number of carbonyl (C=O) groups is 1. The van der Waals surface area contributed by atoms with Crippen molar-refractivity contribution in [3.05, 3.63) is 72.6 Å². The van der Waals surface area contributed by atoms with Crippen LogP contribution in [0.3, 0.4) is 0 Å². The average molecular weight is 657 g/mol. The van der Waals surface area contributed by atoms with Crippen LogP contribution in [0.5, 0.6) is 0 Å². The van der Waals surface area contributed by atoms with Crippen molar-refractivity contribution in [1.82, 2.24) is 30.0 Å². The first kappa shape index (κ1) is 32.2. The van der Waals surface area contributed by atoms with Crippen molar-refractivity contribution in [3.8, 4) is 22.5 Å². The third-order valence-corrected chi connectivity index (χ3v) is 9.74. The Morgan fingerprint density at radius 1 is 1.02 bits per heavy atom. The zero-order chi connectivity index (χ0) is 32.4. The molecule has 0 aliphatic carbocycles. The van der Waals surface area contributed by atoms with Crippen molar-refractivity contribution in [2.45, 2.75) is 54.9 Å². The van der Waals surface area contributed by atoms with E-state index in [1.807, 2.05) is 6.92 Å². The Morgan fingerprint density at radius 3 is 2.26 bits per heavy atom. The minimum absolute atomic E-state index is 0.000103. The van der Waals surface area contributed by atoms with Gasteiger partial charge in [0.05, 0.1) is 49.1 Å². The third-order valence-electron chi connectivity index (χ3n) is 8.32. The van der Waals surface area contributed by atoms with Gasteiger partial charge in [0.15, 0.2) is 0 Å². The molecule has 1 N–H and O–H groups in total. The van der Waals surface area contributed by atoms with Crippen LogP contribution in [-0.2, 0) is 23.7 Å². The van der Waals surface area contributed by atoms with Gasteiger partial charge in [-0.05, 0) is 24.3 Å². The lowest BCUT2D eigenvalue weighted by Crippen LogP contribution is -2.54. The number of ether oxygens (including phenoxy) is 4. The molecule has 2 fully saturated rings. The van der Waals surface area contributed by atoms with Crippen molar-refractivity contribution < 1.29 is 37.6 Å². The number of aliphatic hydroxyl groups is 1. The van der Waals surface area contributed by atoms with Gasteiger partial charge in [-0.25, -0.2) is 18.1 Å². The van der Waals surface area contributed by atoms with E-state index in [4.69, 9.17) is 18.9 Å². The maximum absolute atomic E-state index is 13.9. The summed E-state index contributed by atoms with van der Waals surface area (Å²) in [6.07, 6.45) is 1.35. The van der Waals surface area contributed by atoms with Crippen LogP contribution in [0.4, 0.5) is 8.78 Å². The van der Waals surface area contributed by atoms with E-state index in [2.05, 4.69) is 20.6 Å².